The third-order valence-corrected chi connectivity index (χ3v) is 3.87. The van der Waals surface area contributed by atoms with Gasteiger partial charge in [0, 0.05) is 11.1 Å². The van der Waals surface area contributed by atoms with Gasteiger partial charge in [-0.2, -0.15) is 0 Å². The molecule has 2 heterocycles. The number of thiazole rings is 1. The number of nitrogens with zero attached hydrogens (tertiary/aromatic N) is 1. The molecule has 3 rings (SSSR count). The predicted octanol–water partition coefficient (Wildman–Crippen LogP) is 2.81. The summed E-state index contributed by atoms with van der Waals surface area (Å²) in [6.07, 6.45) is 0. The maximum atomic E-state index is 11.1. The van der Waals surface area contributed by atoms with Gasteiger partial charge in [-0.05, 0) is 36.8 Å². The number of aromatic nitrogens is 3. The molecule has 0 fully saturated rings. The normalized spacial score (nSPS) is 11.2. The second-order valence-electron chi connectivity index (χ2n) is 4.21. The highest BCUT2D eigenvalue weighted by Crippen LogP contribution is 2.17. The molecule has 0 spiro atoms. The molecule has 3 aromatic rings. The number of H-pyrrole nitrogens is 2. The molecule has 18 heavy (non-hydrogen) atoms. The molecule has 92 valence electrons. The van der Waals surface area contributed by atoms with Gasteiger partial charge in [-0.1, -0.05) is 17.4 Å². The molecule has 4 nitrogen and oxygen atoms in total. The van der Waals surface area contributed by atoms with Gasteiger partial charge in [0.15, 0.2) is 4.77 Å². The number of benzene rings is 1. The molecule has 0 saturated carbocycles. The van der Waals surface area contributed by atoms with Crippen molar-refractivity contribution in [2.75, 3.05) is 0 Å². The number of aryl methyl sites for hydroxylation is 1. The van der Waals surface area contributed by atoms with Gasteiger partial charge >= 0.3 is 4.87 Å². The van der Waals surface area contributed by atoms with Gasteiger partial charge in [0.25, 0.3) is 0 Å². The standard InChI is InChI=1S/C12H11N3OS2/c1-7-2-3-9-10(4-7)15(11(17)14-9)5-8-6-18-12(16)13-8/h2-4,6H,5H2,1H3,(H,13,16)(H,14,17). The molecule has 0 amide bonds. The lowest BCUT2D eigenvalue weighted by Gasteiger charge is -2.02. The first-order valence-electron chi connectivity index (χ1n) is 5.49. The zero-order valence-electron chi connectivity index (χ0n) is 9.69. The SMILES string of the molecule is Cc1ccc2[nH]c(=S)n(Cc3csc(=O)[nH]3)c2c1. The van der Waals surface area contributed by atoms with E-state index < -0.39 is 0 Å². The Bertz CT molecular complexity index is 822. The summed E-state index contributed by atoms with van der Waals surface area (Å²) in [5, 5.41) is 1.83. The van der Waals surface area contributed by atoms with E-state index in [-0.39, 0.29) is 4.87 Å². The van der Waals surface area contributed by atoms with Crippen molar-refractivity contribution in [3.05, 3.63) is 49.3 Å². The van der Waals surface area contributed by atoms with Crippen LogP contribution in [0.5, 0.6) is 0 Å². The highest BCUT2D eigenvalue weighted by Gasteiger charge is 2.06. The summed E-state index contributed by atoms with van der Waals surface area (Å²) in [6, 6.07) is 6.16. The molecule has 2 N–H and O–H groups in total. The number of imidazole rings is 1. The van der Waals surface area contributed by atoms with Crippen LogP contribution in [0.15, 0.2) is 28.4 Å². The molecule has 0 aliphatic carbocycles. The molecule has 0 radical (unpaired) electrons. The molecule has 0 aliphatic rings. The summed E-state index contributed by atoms with van der Waals surface area (Å²) >= 11 is 6.49. The number of hydrogen-bond acceptors (Lipinski definition) is 3. The maximum Gasteiger partial charge on any atom is 0.304 e. The second-order valence-corrected chi connectivity index (χ2v) is 5.44. The van der Waals surface area contributed by atoms with E-state index in [1.807, 2.05) is 29.0 Å². The number of aromatic amines is 2. The van der Waals surface area contributed by atoms with Gasteiger partial charge < -0.3 is 14.5 Å². The Balaban J connectivity index is 2.16. The van der Waals surface area contributed by atoms with Crippen LogP contribution in [-0.2, 0) is 6.54 Å². The van der Waals surface area contributed by atoms with Gasteiger partial charge in [0.1, 0.15) is 0 Å². The van der Waals surface area contributed by atoms with Crippen molar-refractivity contribution >= 4 is 34.6 Å². The molecular formula is C12H11N3OS2. The molecule has 6 heteroatoms. The van der Waals surface area contributed by atoms with Crippen molar-refractivity contribution in [3.8, 4) is 0 Å². The van der Waals surface area contributed by atoms with Gasteiger partial charge in [-0.3, -0.25) is 4.79 Å². The van der Waals surface area contributed by atoms with Crippen LogP contribution in [0.1, 0.15) is 11.3 Å². The summed E-state index contributed by atoms with van der Waals surface area (Å²) < 4.78 is 2.66. The monoisotopic (exact) mass is 277 g/mol. The fourth-order valence-electron chi connectivity index (χ4n) is 1.98. The number of rotatable bonds is 2. The minimum Gasteiger partial charge on any atom is -0.331 e. The van der Waals surface area contributed by atoms with Gasteiger partial charge in [-0.15, -0.1) is 0 Å². The molecule has 0 saturated heterocycles. The average Bonchev–Trinajstić information content (AvgIpc) is 2.86. The summed E-state index contributed by atoms with van der Waals surface area (Å²) in [5.74, 6) is 0. The zero-order valence-corrected chi connectivity index (χ0v) is 11.3. The molecule has 2 aromatic heterocycles. The minimum absolute atomic E-state index is 0.0347. The number of hydrogen-bond donors (Lipinski definition) is 2. The Morgan fingerprint density at radius 2 is 2.22 bits per heavy atom. The van der Waals surface area contributed by atoms with E-state index in [0.717, 1.165) is 16.7 Å². The minimum atomic E-state index is -0.0347. The van der Waals surface area contributed by atoms with Crippen molar-refractivity contribution in [3.63, 3.8) is 0 Å². The Kier molecular flexibility index (Phi) is 2.68. The van der Waals surface area contributed by atoms with Crippen LogP contribution in [0.3, 0.4) is 0 Å². The summed E-state index contributed by atoms with van der Waals surface area (Å²) in [5.41, 5.74) is 4.14. The van der Waals surface area contributed by atoms with Crippen LogP contribution in [0, 0.1) is 11.7 Å². The Labute approximate surface area is 112 Å². The highest BCUT2D eigenvalue weighted by atomic mass is 32.1. The number of fused-ring (bicyclic) bond motifs is 1. The fourth-order valence-corrected chi connectivity index (χ4v) is 2.83. The Morgan fingerprint density at radius 1 is 1.39 bits per heavy atom. The van der Waals surface area contributed by atoms with Crippen LogP contribution < -0.4 is 4.87 Å². The largest absolute Gasteiger partial charge is 0.331 e. The third kappa shape index (κ3) is 1.93. The van der Waals surface area contributed by atoms with E-state index in [2.05, 4.69) is 16.0 Å². The van der Waals surface area contributed by atoms with Crippen molar-refractivity contribution in [2.45, 2.75) is 13.5 Å². The highest BCUT2D eigenvalue weighted by molar-refractivity contribution is 7.71. The zero-order chi connectivity index (χ0) is 12.7. The van der Waals surface area contributed by atoms with E-state index in [9.17, 15) is 4.79 Å². The molecule has 0 aliphatic heterocycles. The lowest BCUT2D eigenvalue weighted by molar-refractivity contribution is 0.788. The maximum absolute atomic E-state index is 11.1. The van der Waals surface area contributed by atoms with E-state index in [1.54, 1.807) is 0 Å². The summed E-state index contributed by atoms with van der Waals surface area (Å²) in [7, 11) is 0. The van der Waals surface area contributed by atoms with Crippen molar-refractivity contribution in [1.29, 1.82) is 0 Å². The van der Waals surface area contributed by atoms with Crippen LogP contribution in [0.2, 0.25) is 0 Å². The van der Waals surface area contributed by atoms with Crippen molar-refractivity contribution in [1.82, 2.24) is 14.5 Å². The lowest BCUT2D eigenvalue weighted by Crippen LogP contribution is -2.03. The van der Waals surface area contributed by atoms with Crippen LogP contribution in [0.4, 0.5) is 0 Å². The fraction of sp³-hybridized carbons (Fsp3) is 0.167. The topological polar surface area (TPSA) is 53.6 Å². The first kappa shape index (κ1) is 11.4. The van der Waals surface area contributed by atoms with Crippen LogP contribution in [-0.4, -0.2) is 14.5 Å². The molecule has 0 bridgehead atoms. The first-order chi connectivity index (χ1) is 8.63. The quantitative estimate of drug-likeness (QED) is 0.708. The van der Waals surface area contributed by atoms with E-state index in [1.165, 1.54) is 16.9 Å². The Hall–Kier alpha value is -1.66. The van der Waals surface area contributed by atoms with Crippen molar-refractivity contribution in [2.24, 2.45) is 0 Å². The molecule has 1 aromatic carbocycles. The van der Waals surface area contributed by atoms with Gasteiger partial charge in [0.05, 0.1) is 17.6 Å². The molecule has 0 atom stereocenters. The summed E-state index contributed by atoms with van der Waals surface area (Å²) in [6.45, 7) is 2.63. The predicted molar refractivity (Wildman–Crippen MR) is 75.9 cm³/mol. The average molecular weight is 277 g/mol. The molecule has 0 unspecified atom stereocenters. The van der Waals surface area contributed by atoms with Gasteiger partial charge in [-0.25, -0.2) is 0 Å². The Morgan fingerprint density at radius 3 is 2.94 bits per heavy atom. The van der Waals surface area contributed by atoms with Crippen LogP contribution in [0.25, 0.3) is 11.0 Å². The van der Waals surface area contributed by atoms with Crippen LogP contribution >= 0.6 is 23.6 Å². The lowest BCUT2D eigenvalue weighted by atomic mass is 10.2. The first-order valence-corrected chi connectivity index (χ1v) is 6.78. The smallest absolute Gasteiger partial charge is 0.304 e. The van der Waals surface area contributed by atoms with Gasteiger partial charge in [0.2, 0.25) is 0 Å². The summed E-state index contributed by atoms with van der Waals surface area (Å²) in [4.78, 5) is 17.1. The van der Waals surface area contributed by atoms with E-state index in [0.29, 0.717) is 11.3 Å². The molecular weight excluding hydrogens is 266 g/mol. The van der Waals surface area contributed by atoms with E-state index in [4.69, 9.17) is 12.2 Å². The third-order valence-electron chi connectivity index (χ3n) is 2.83. The van der Waals surface area contributed by atoms with Crippen molar-refractivity contribution < 1.29 is 0 Å². The van der Waals surface area contributed by atoms with E-state index >= 15 is 0 Å². The number of nitrogens with one attached hydrogen (secondary N) is 2. The second kappa shape index (κ2) is 4.22.